The van der Waals surface area contributed by atoms with Gasteiger partial charge in [-0.05, 0) is 38.3 Å². The van der Waals surface area contributed by atoms with E-state index >= 15 is 0 Å². The van der Waals surface area contributed by atoms with E-state index in [0.717, 1.165) is 19.5 Å². The van der Waals surface area contributed by atoms with Gasteiger partial charge in [0.1, 0.15) is 11.4 Å². The van der Waals surface area contributed by atoms with Crippen molar-refractivity contribution >= 4 is 6.03 Å². The molecule has 2 heterocycles. The van der Waals surface area contributed by atoms with Gasteiger partial charge in [0.15, 0.2) is 0 Å². The Hall–Kier alpha value is -1.53. The van der Waals surface area contributed by atoms with Crippen LogP contribution in [0.5, 0.6) is 0 Å². The van der Waals surface area contributed by atoms with Gasteiger partial charge in [-0.25, -0.2) is 4.79 Å². The molecule has 1 aromatic rings. The average molecular weight is 321 g/mol. The Morgan fingerprint density at radius 3 is 2.91 bits per heavy atom. The highest BCUT2D eigenvalue weighted by Gasteiger charge is 2.31. The molecular weight excluding hydrogens is 294 g/mol. The van der Waals surface area contributed by atoms with Crippen molar-refractivity contribution in [2.24, 2.45) is 0 Å². The maximum atomic E-state index is 12.1. The number of carbonyl (C=O) groups is 1. The maximum absolute atomic E-state index is 12.1. The molecule has 128 valence electrons. The molecule has 6 heteroatoms. The average Bonchev–Trinajstić information content (AvgIpc) is 3.25. The van der Waals surface area contributed by atoms with E-state index in [9.17, 15) is 9.90 Å². The first-order chi connectivity index (χ1) is 11.0. The molecule has 2 amide bonds. The van der Waals surface area contributed by atoms with Gasteiger partial charge in [0.25, 0.3) is 0 Å². The zero-order chi connectivity index (χ0) is 16.3. The number of furan rings is 1. The molecule has 0 spiro atoms. The number of hydrogen-bond acceptors (Lipinski definition) is 4. The highest BCUT2D eigenvalue weighted by atomic mass is 16.4. The third kappa shape index (κ3) is 4.06. The molecule has 0 radical (unpaired) electrons. The molecule has 2 atom stereocenters. The van der Waals surface area contributed by atoms with Gasteiger partial charge in [0.2, 0.25) is 0 Å². The fourth-order valence-corrected chi connectivity index (χ4v) is 3.67. The van der Waals surface area contributed by atoms with Gasteiger partial charge in [-0.15, -0.1) is 0 Å². The first-order valence-corrected chi connectivity index (χ1v) is 8.59. The van der Waals surface area contributed by atoms with Crippen molar-refractivity contribution in [3.8, 4) is 0 Å². The lowest BCUT2D eigenvalue weighted by Crippen LogP contribution is -2.47. The molecule has 1 aliphatic carbocycles. The fourth-order valence-electron chi connectivity index (χ4n) is 3.67. The Morgan fingerprint density at radius 1 is 1.43 bits per heavy atom. The molecular formula is C17H27N3O3. The van der Waals surface area contributed by atoms with E-state index in [0.29, 0.717) is 11.8 Å². The predicted molar refractivity (Wildman–Crippen MR) is 87.0 cm³/mol. The third-order valence-electron chi connectivity index (χ3n) is 5.04. The Morgan fingerprint density at radius 2 is 2.22 bits per heavy atom. The molecule has 3 rings (SSSR count). The minimum atomic E-state index is -1.20. The van der Waals surface area contributed by atoms with E-state index < -0.39 is 5.60 Å². The summed E-state index contributed by atoms with van der Waals surface area (Å²) in [5, 5.41) is 16.1. The van der Waals surface area contributed by atoms with E-state index in [-0.39, 0.29) is 18.6 Å². The summed E-state index contributed by atoms with van der Waals surface area (Å²) in [5.41, 5.74) is -1.20. The lowest BCUT2D eigenvalue weighted by molar-refractivity contribution is 0.0366. The van der Waals surface area contributed by atoms with Gasteiger partial charge in [0, 0.05) is 25.2 Å². The number of amides is 2. The number of hydrogen-bond donors (Lipinski definition) is 3. The van der Waals surface area contributed by atoms with Gasteiger partial charge >= 0.3 is 6.03 Å². The number of nitrogens with zero attached hydrogens (tertiary/aromatic N) is 1. The van der Waals surface area contributed by atoms with Gasteiger partial charge in [-0.2, -0.15) is 0 Å². The monoisotopic (exact) mass is 321 g/mol. The van der Waals surface area contributed by atoms with E-state index in [1.807, 2.05) is 0 Å². The summed E-state index contributed by atoms with van der Waals surface area (Å²) in [5.74, 6) is 0.450. The highest BCUT2D eigenvalue weighted by molar-refractivity contribution is 5.74. The zero-order valence-electron chi connectivity index (χ0n) is 13.8. The standard InChI is InChI=1S/C17H27N3O3/c1-17(22,15-7-4-10-23-15)12-18-16(21)19-13-8-9-20(11-13)14-5-2-3-6-14/h4,7,10,13-14,22H,2-3,5-6,8-9,11-12H2,1H3,(H2,18,19,21). The minimum absolute atomic E-state index is 0.116. The zero-order valence-corrected chi connectivity index (χ0v) is 13.8. The van der Waals surface area contributed by atoms with Gasteiger partial charge in [-0.3, -0.25) is 4.90 Å². The van der Waals surface area contributed by atoms with Crippen molar-refractivity contribution < 1.29 is 14.3 Å². The second kappa shape index (κ2) is 6.93. The van der Waals surface area contributed by atoms with Crippen LogP contribution in [-0.2, 0) is 5.60 Å². The summed E-state index contributed by atoms with van der Waals surface area (Å²) >= 11 is 0. The minimum Gasteiger partial charge on any atom is -0.466 e. The van der Waals surface area contributed by atoms with Crippen LogP contribution in [0.4, 0.5) is 4.79 Å². The van der Waals surface area contributed by atoms with Crippen LogP contribution >= 0.6 is 0 Å². The molecule has 1 saturated carbocycles. The Kier molecular flexibility index (Phi) is 4.92. The molecule has 1 aliphatic heterocycles. The first-order valence-electron chi connectivity index (χ1n) is 8.59. The second-order valence-electron chi connectivity index (χ2n) is 7.00. The molecule has 6 nitrogen and oxygen atoms in total. The van der Waals surface area contributed by atoms with E-state index in [1.165, 1.54) is 31.9 Å². The van der Waals surface area contributed by atoms with Crippen LogP contribution in [0.25, 0.3) is 0 Å². The predicted octanol–water partition coefficient (Wildman–Crippen LogP) is 1.80. The molecule has 0 aromatic carbocycles. The molecule has 1 saturated heterocycles. The summed E-state index contributed by atoms with van der Waals surface area (Å²) < 4.78 is 5.21. The van der Waals surface area contributed by atoms with Crippen LogP contribution in [0.15, 0.2) is 22.8 Å². The quantitative estimate of drug-likeness (QED) is 0.773. The Labute approximate surface area is 137 Å². The smallest absolute Gasteiger partial charge is 0.315 e. The molecule has 0 bridgehead atoms. The molecule has 23 heavy (non-hydrogen) atoms. The van der Waals surface area contributed by atoms with Crippen molar-refractivity contribution in [1.82, 2.24) is 15.5 Å². The number of aliphatic hydroxyl groups is 1. The van der Waals surface area contributed by atoms with Crippen molar-refractivity contribution in [1.29, 1.82) is 0 Å². The van der Waals surface area contributed by atoms with Crippen LogP contribution in [0.1, 0.15) is 44.8 Å². The topological polar surface area (TPSA) is 77.7 Å². The third-order valence-corrected chi connectivity index (χ3v) is 5.04. The Balaban J connectivity index is 1.41. The van der Waals surface area contributed by atoms with Crippen LogP contribution in [-0.4, -0.2) is 47.8 Å². The number of rotatable bonds is 5. The fraction of sp³-hybridized carbons (Fsp3) is 0.706. The molecule has 2 aliphatic rings. The second-order valence-corrected chi connectivity index (χ2v) is 7.00. The normalized spacial score (nSPS) is 25.4. The molecule has 1 aromatic heterocycles. The van der Waals surface area contributed by atoms with Gasteiger partial charge < -0.3 is 20.2 Å². The van der Waals surface area contributed by atoms with Crippen molar-refractivity contribution in [3.05, 3.63) is 24.2 Å². The molecule has 3 N–H and O–H groups in total. The van der Waals surface area contributed by atoms with E-state index in [1.54, 1.807) is 19.1 Å². The summed E-state index contributed by atoms with van der Waals surface area (Å²) in [4.78, 5) is 14.6. The van der Waals surface area contributed by atoms with Crippen LogP contribution in [0.3, 0.4) is 0 Å². The molecule has 2 unspecified atom stereocenters. The van der Waals surface area contributed by atoms with Crippen LogP contribution in [0.2, 0.25) is 0 Å². The first kappa shape index (κ1) is 16.3. The summed E-state index contributed by atoms with van der Waals surface area (Å²) in [6, 6.07) is 4.11. The lowest BCUT2D eigenvalue weighted by atomic mass is 10.0. The van der Waals surface area contributed by atoms with Gasteiger partial charge in [-0.1, -0.05) is 12.8 Å². The van der Waals surface area contributed by atoms with Gasteiger partial charge in [0.05, 0.1) is 12.8 Å². The van der Waals surface area contributed by atoms with Crippen molar-refractivity contribution in [2.75, 3.05) is 19.6 Å². The molecule has 2 fully saturated rings. The van der Waals surface area contributed by atoms with Crippen molar-refractivity contribution in [2.45, 2.75) is 56.7 Å². The lowest BCUT2D eigenvalue weighted by Gasteiger charge is -2.24. The SMILES string of the molecule is CC(O)(CNC(=O)NC1CCN(C2CCCC2)C1)c1ccco1. The largest absolute Gasteiger partial charge is 0.466 e. The Bertz CT molecular complexity index is 509. The summed E-state index contributed by atoms with van der Waals surface area (Å²) in [6.45, 7) is 3.75. The van der Waals surface area contributed by atoms with Crippen LogP contribution < -0.4 is 10.6 Å². The van der Waals surface area contributed by atoms with Crippen LogP contribution in [0, 0.1) is 0 Å². The maximum Gasteiger partial charge on any atom is 0.315 e. The number of carbonyl (C=O) groups excluding carboxylic acids is 1. The van der Waals surface area contributed by atoms with Crippen molar-refractivity contribution in [3.63, 3.8) is 0 Å². The van der Waals surface area contributed by atoms with E-state index in [2.05, 4.69) is 15.5 Å². The highest BCUT2D eigenvalue weighted by Crippen LogP contribution is 2.26. The van der Waals surface area contributed by atoms with E-state index in [4.69, 9.17) is 4.42 Å². The number of urea groups is 1. The summed E-state index contributed by atoms with van der Waals surface area (Å²) in [7, 11) is 0. The summed E-state index contributed by atoms with van der Waals surface area (Å²) in [6.07, 6.45) is 7.78. The number of nitrogens with one attached hydrogen (secondary N) is 2. The number of likely N-dealkylation sites (tertiary alicyclic amines) is 1.